The van der Waals surface area contributed by atoms with Crippen molar-refractivity contribution in [2.75, 3.05) is 53.5 Å². The SMILES string of the molecule is CNCCN(C)C(=O)c1cc(S(=O)(=O)N2CCOCC2)ccc1C.Cl. The van der Waals surface area contributed by atoms with Gasteiger partial charge >= 0.3 is 0 Å². The third-order valence-electron chi connectivity index (χ3n) is 4.09. The summed E-state index contributed by atoms with van der Waals surface area (Å²) in [5.74, 6) is -0.179. The van der Waals surface area contributed by atoms with E-state index < -0.39 is 10.0 Å². The lowest BCUT2D eigenvalue weighted by Gasteiger charge is -2.26. The van der Waals surface area contributed by atoms with E-state index in [1.165, 1.54) is 10.4 Å². The van der Waals surface area contributed by atoms with Crippen molar-refractivity contribution in [3.8, 4) is 0 Å². The first-order valence-corrected chi connectivity index (χ1v) is 9.40. The fourth-order valence-corrected chi connectivity index (χ4v) is 3.95. The van der Waals surface area contributed by atoms with Gasteiger partial charge in [0, 0.05) is 38.8 Å². The normalized spacial score (nSPS) is 15.5. The molecule has 1 amide bonds. The van der Waals surface area contributed by atoms with E-state index in [2.05, 4.69) is 5.32 Å². The van der Waals surface area contributed by atoms with Gasteiger partial charge in [-0.15, -0.1) is 12.4 Å². The topological polar surface area (TPSA) is 79.0 Å². The van der Waals surface area contributed by atoms with E-state index in [0.29, 0.717) is 45.0 Å². The molecule has 0 aliphatic carbocycles. The fraction of sp³-hybridized carbons (Fsp3) is 0.562. The average Bonchev–Trinajstić information content (AvgIpc) is 2.60. The standard InChI is InChI=1S/C16H25N3O4S.ClH/c1-13-4-5-14(24(21,22)19-8-10-23-11-9-19)12-15(13)16(20)18(3)7-6-17-2;/h4-5,12,17H,6-11H2,1-3H3;1H. The van der Waals surface area contributed by atoms with Crippen molar-refractivity contribution in [2.24, 2.45) is 0 Å². The highest BCUT2D eigenvalue weighted by Crippen LogP contribution is 2.21. The van der Waals surface area contributed by atoms with Crippen molar-refractivity contribution >= 4 is 28.3 Å². The Morgan fingerprint density at radius 3 is 2.56 bits per heavy atom. The maximum atomic E-state index is 12.8. The summed E-state index contributed by atoms with van der Waals surface area (Å²) in [4.78, 5) is 14.3. The van der Waals surface area contributed by atoms with Crippen LogP contribution in [-0.4, -0.2) is 77.0 Å². The first-order valence-electron chi connectivity index (χ1n) is 7.96. The molecule has 9 heteroatoms. The summed E-state index contributed by atoms with van der Waals surface area (Å²) in [6.45, 7) is 4.49. The summed E-state index contributed by atoms with van der Waals surface area (Å²) in [6.07, 6.45) is 0. The highest BCUT2D eigenvalue weighted by atomic mass is 35.5. The lowest BCUT2D eigenvalue weighted by atomic mass is 10.1. The molecular formula is C16H26ClN3O4S. The highest BCUT2D eigenvalue weighted by Gasteiger charge is 2.27. The molecule has 142 valence electrons. The van der Waals surface area contributed by atoms with Crippen LogP contribution in [0.1, 0.15) is 15.9 Å². The molecule has 1 fully saturated rings. The van der Waals surface area contributed by atoms with E-state index in [-0.39, 0.29) is 23.2 Å². The van der Waals surface area contributed by atoms with E-state index in [0.717, 1.165) is 5.56 Å². The minimum Gasteiger partial charge on any atom is -0.379 e. The number of halogens is 1. The van der Waals surface area contributed by atoms with Crippen LogP contribution in [0, 0.1) is 6.92 Å². The van der Waals surface area contributed by atoms with Crippen LogP contribution >= 0.6 is 12.4 Å². The number of morpholine rings is 1. The molecular weight excluding hydrogens is 366 g/mol. The van der Waals surface area contributed by atoms with E-state index in [9.17, 15) is 13.2 Å². The van der Waals surface area contributed by atoms with Crippen LogP contribution in [0.5, 0.6) is 0 Å². The Hall–Kier alpha value is -1.19. The first-order chi connectivity index (χ1) is 11.4. The van der Waals surface area contributed by atoms with E-state index in [1.807, 2.05) is 14.0 Å². The minimum absolute atomic E-state index is 0. The predicted octanol–water partition coefficient (Wildman–Crippen LogP) is 0.729. The summed E-state index contributed by atoms with van der Waals surface area (Å²) in [5, 5.41) is 2.99. The van der Waals surface area contributed by atoms with E-state index in [4.69, 9.17) is 4.74 Å². The molecule has 0 bridgehead atoms. The molecule has 0 aromatic heterocycles. The summed E-state index contributed by atoms with van der Waals surface area (Å²) in [6, 6.07) is 4.73. The molecule has 0 radical (unpaired) electrons. The lowest BCUT2D eigenvalue weighted by Crippen LogP contribution is -2.40. The number of aryl methyl sites for hydroxylation is 1. The van der Waals surface area contributed by atoms with Crippen LogP contribution in [0.3, 0.4) is 0 Å². The number of amides is 1. The van der Waals surface area contributed by atoms with Crippen molar-refractivity contribution in [1.82, 2.24) is 14.5 Å². The Balaban J connectivity index is 0.00000312. The van der Waals surface area contributed by atoms with Crippen molar-refractivity contribution in [1.29, 1.82) is 0 Å². The number of hydrogen-bond acceptors (Lipinski definition) is 5. The Labute approximate surface area is 155 Å². The summed E-state index contributed by atoms with van der Waals surface area (Å²) < 4.78 is 32.1. The molecule has 25 heavy (non-hydrogen) atoms. The molecule has 1 aromatic rings. The van der Waals surface area contributed by atoms with Crippen molar-refractivity contribution in [3.63, 3.8) is 0 Å². The number of ether oxygens (including phenoxy) is 1. The number of carbonyl (C=O) groups excluding carboxylic acids is 1. The third kappa shape index (κ3) is 5.15. The second kappa shape index (κ2) is 9.49. The maximum Gasteiger partial charge on any atom is 0.253 e. The molecule has 0 atom stereocenters. The Morgan fingerprint density at radius 1 is 1.32 bits per heavy atom. The zero-order chi connectivity index (χ0) is 17.7. The van der Waals surface area contributed by atoms with Gasteiger partial charge in [-0.3, -0.25) is 4.79 Å². The Kier molecular flexibility index (Phi) is 8.30. The zero-order valence-electron chi connectivity index (χ0n) is 14.8. The number of carbonyl (C=O) groups is 1. The van der Waals surface area contributed by atoms with Crippen LogP contribution in [0.2, 0.25) is 0 Å². The number of nitrogens with zero attached hydrogens (tertiary/aromatic N) is 2. The predicted molar refractivity (Wildman–Crippen MR) is 98.9 cm³/mol. The van der Waals surface area contributed by atoms with Crippen molar-refractivity contribution in [2.45, 2.75) is 11.8 Å². The van der Waals surface area contributed by atoms with Crippen LogP contribution in [0.4, 0.5) is 0 Å². The van der Waals surface area contributed by atoms with Gasteiger partial charge in [0.15, 0.2) is 0 Å². The Morgan fingerprint density at radius 2 is 1.96 bits per heavy atom. The number of likely N-dealkylation sites (N-methyl/N-ethyl adjacent to an activating group) is 2. The van der Waals surface area contributed by atoms with Crippen LogP contribution in [-0.2, 0) is 14.8 Å². The summed E-state index contributed by atoms with van der Waals surface area (Å²) in [7, 11) is -0.0781. The van der Waals surface area contributed by atoms with Crippen LogP contribution < -0.4 is 5.32 Å². The average molecular weight is 392 g/mol. The molecule has 1 saturated heterocycles. The quantitative estimate of drug-likeness (QED) is 0.773. The van der Waals surface area contributed by atoms with Gasteiger partial charge in [0.25, 0.3) is 5.91 Å². The minimum atomic E-state index is -3.61. The molecule has 0 unspecified atom stereocenters. The van der Waals surface area contributed by atoms with Gasteiger partial charge < -0.3 is 15.0 Å². The molecule has 1 aliphatic heterocycles. The second-order valence-corrected chi connectivity index (χ2v) is 7.76. The number of sulfonamides is 1. The number of nitrogens with one attached hydrogen (secondary N) is 1. The van der Waals surface area contributed by atoms with Gasteiger partial charge in [-0.2, -0.15) is 4.31 Å². The Bertz CT molecular complexity index is 691. The third-order valence-corrected chi connectivity index (χ3v) is 5.99. The molecule has 2 rings (SSSR count). The van der Waals surface area contributed by atoms with Gasteiger partial charge in [0.1, 0.15) is 0 Å². The molecule has 0 spiro atoms. The number of rotatable bonds is 6. The van der Waals surface area contributed by atoms with Crippen molar-refractivity contribution < 1.29 is 17.9 Å². The van der Waals surface area contributed by atoms with Gasteiger partial charge in [-0.1, -0.05) is 6.07 Å². The van der Waals surface area contributed by atoms with Crippen molar-refractivity contribution in [3.05, 3.63) is 29.3 Å². The molecule has 7 nitrogen and oxygen atoms in total. The molecule has 1 aliphatic rings. The molecule has 1 N–H and O–H groups in total. The smallest absolute Gasteiger partial charge is 0.253 e. The zero-order valence-corrected chi connectivity index (χ0v) is 16.5. The summed E-state index contributed by atoms with van der Waals surface area (Å²) in [5.41, 5.74) is 1.18. The molecule has 1 aromatic carbocycles. The maximum absolute atomic E-state index is 12.8. The molecule has 1 heterocycles. The fourth-order valence-electron chi connectivity index (χ4n) is 2.51. The number of hydrogen-bond donors (Lipinski definition) is 1. The molecule has 0 saturated carbocycles. The first kappa shape index (κ1) is 21.9. The van der Waals surface area contributed by atoms with Gasteiger partial charge in [0.2, 0.25) is 10.0 Å². The van der Waals surface area contributed by atoms with Gasteiger partial charge in [-0.25, -0.2) is 8.42 Å². The number of benzene rings is 1. The second-order valence-electron chi connectivity index (χ2n) is 5.82. The van der Waals surface area contributed by atoms with Crippen LogP contribution in [0.15, 0.2) is 23.1 Å². The highest BCUT2D eigenvalue weighted by molar-refractivity contribution is 7.89. The summed E-state index contributed by atoms with van der Waals surface area (Å²) >= 11 is 0. The van der Waals surface area contributed by atoms with E-state index in [1.54, 1.807) is 24.1 Å². The van der Waals surface area contributed by atoms with Gasteiger partial charge in [-0.05, 0) is 31.7 Å². The van der Waals surface area contributed by atoms with Crippen LogP contribution in [0.25, 0.3) is 0 Å². The van der Waals surface area contributed by atoms with E-state index >= 15 is 0 Å². The lowest BCUT2D eigenvalue weighted by molar-refractivity contribution is 0.0730. The largest absolute Gasteiger partial charge is 0.379 e. The monoisotopic (exact) mass is 391 g/mol. The van der Waals surface area contributed by atoms with Gasteiger partial charge in [0.05, 0.1) is 18.1 Å².